The fourth-order valence-electron chi connectivity index (χ4n) is 22.1. The van der Waals surface area contributed by atoms with Crippen LogP contribution in [0.3, 0.4) is 0 Å². The Morgan fingerprint density at radius 3 is 1.10 bits per heavy atom. The second kappa shape index (κ2) is 30.9. The van der Waals surface area contributed by atoms with Gasteiger partial charge < -0.3 is 19.4 Å². The molecule has 39 heteroatoms. The number of nitrogens with zero attached hydrogens (tertiary/aromatic N) is 26. The average molecular weight is 1900 g/mol. The van der Waals surface area contributed by atoms with Gasteiger partial charge in [0.1, 0.15) is 19.0 Å². The Bertz CT molecular complexity index is 8750. The number of tetrazole rings is 3. The van der Waals surface area contributed by atoms with Gasteiger partial charge in [0.05, 0.1) is 74.0 Å². The quantitative estimate of drug-likeness (QED) is 0.0780. The van der Waals surface area contributed by atoms with E-state index in [1.807, 2.05) is 84.5 Å². The number of halogens is 5. The lowest BCUT2D eigenvalue weighted by Gasteiger charge is -2.20. The van der Waals surface area contributed by atoms with Crippen molar-refractivity contribution in [2.45, 2.75) is 74.4 Å². The van der Waals surface area contributed by atoms with Gasteiger partial charge in [0.15, 0.2) is 17.5 Å². The third-order valence-corrected chi connectivity index (χ3v) is 29.4. The van der Waals surface area contributed by atoms with Crippen molar-refractivity contribution in [2.24, 2.45) is 53.9 Å². The largest absolute Gasteiger partial charge is 0.382 e. The van der Waals surface area contributed by atoms with E-state index in [1.54, 1.807) is 168 Å². The number of carbonyl (C=O) groups excluding carboxylic acids is 4. The summed E-state index contributed by atoms with van der Waals surface area (Å²) in [4.78, 5) is 110. The SMILES string of the molecule is Cn1nc(N)c2ccc(C3=C(F)N=C([C@@H]4[C@H]5C[C@H]5c5cc(-c6cc(Cl)ccc6-n6cnnn6)cc(=O)n54)C3)cc21.Cn1nc(N2C(=O)c3ccccc3C2=O)c2ccc(C3=C(F)N=C([C@@H]4[C@H]5C[C@H]5c5cc(-c6cc(Cl)ccc6-n6cnnn6)cc(=O)n54)C3)cc21.Cn1nc(N2C(=O)c3ccccc3C2=O)c2ccc(C3=CN=C([C@@H]4[C@H]5C[C@H]5c5cc(-c6cc(Cl)ccc6-n6cnnn6)cc(=O)n54)C3)cc21. The summed E-state index contributed by atoms with van der Waals surface area (Å²) >= 11 is 19.1. The van der Waals surface area contributed by atoms with E-state index in [4.69, 9.17) is 45.5 Å². The maximum absolute atomic E-state index is 15.8. The Labute approximate surface area is 796 Å². The number of benzene rings is 8. The van der Waals surface area contributed by atoms with Gasteiger partial charge in [-0.2, -0.15) is 38.1 Å². The molecule has 8 aromatic carbocycles. The first-order chi connectivity index (χ1) is 67.5. The normalized spacial score (nSPS) is 20.7. The van der Waals surface area contributed by atoms with Gasteiger partial charge >= 0.3 is 0 Å². The van der Waals surface area contributed by atoms with Crippen LogP contribution < -0.4 is 32.2 Å². The van der Waals surface area contributed by atoms with Crippen LogP contribution in [0.1, 0.15) is 150 Å². The minimum absolute atomic E-state index is 0.0829. The summed E-state index contributed by atoms with van der Waals surface area (Å²) in [7, 11) is 5.33. The number of hydrogen-bond donors (Lipinski definition) is 1. The standard InChI is InChI=1S/C36H23ClFN9O3.C36H24ClN9O3.C28H21ClFN9O/c1-44-29-10-17(6-8-22(29)34(41-44)47-35(49)20-4-2-3-5-21(20)36(47)50)24-15-27(40-33(24)38)32-26-14-25(26)30-11-18(12-31(48)46(30)32)23-13-19(37)7-9-28(23)45-16-39-42-43-45;1-43-30-11-18(6-8-24(30)34(40-43)46-35(48)22-4-2-3-5-23(22)36(46)49)20-10-28(38-16-20)33-27-15-26(27)31-12-19(13-32(47)45(31)33)25-14-21(37)7-9-29(25)44-17-39-41-42-44;1-37-23-6-13(2-4-16(23)28(31)34-37)18-11-21(33-27(18)30)26-20-10-19(20)24-7-14(8-25(40)39(24)26)17-9-15(29)3-5-22(17)38-12-32-35-36-38/h2-13,16,25-26,32H,14-15H2,1H3;2-9,11-14,16-17,26-27,33H,10,15H2,1H3;2-9,12,19-20,26H,10-11H2,1H3,(H2,31,34)/t25-,26+,32+;26-,27+,33+;19-,20+,26+/m111/s1. The van der Waals surface area contributed by atoms with Gasteiger partial charge in [-0.15, -0.1) is 15.3 Å². The van der Waals surface area contributed by atoms with Crippen LogP contribution in [0.2, 0.25) is 15.1 Å². The van der Waals surface area contributed by atoms with Gasteiger partial charge in [-0.1, -0.05) is 77.3 Å². The molecule has 0 spiro atoms. The molecule has 3 aliphatic carbocycles. The molecule has 0 saturated heterocycles. The van der Waals surface area contributed by atoms with Crippen molar-refractivity contribution >= 4 is 142 Å². The van der Waals surface area contributed by atoms with Crippen LogP contribution in [0.5, 0.6) is 0 Å². The number of anilines is 3. The molecule has 3 fully saturated rings. The lowest BCUT2D eigenvalue weighted by Crippen LogP contribution is -2.30. The highest BCUT2D eigenvalue weighted by Crippen LogP contribution is 2.64. The van der Waals surface area contributed by atoms with Crippen molar-refractivity contribution < 1.29 is 28.0 Å². The van der Waals surface area contributed by atoms with Crippen molar-refractivity contribution in [1.82, 2.24) is 104 Å². The molecule has 2 N–H and O–H groups in total. The zero-order valence-electron chi connectivity index (χ0n) is 73.2. The molecular formula is C100H68Cl3F2N27O7. The number of pyridine rings is 3. The maximum atomic E-state index is 15.8. The molecule has 680 valence electrons. The zero-order chi connectivity index (χ0) is 94.4. The van der Waals surface area contributed by atoms with Gasteiger partial charge in [-0.3, -0.25) is 52.6 Å². The van der Waals surface area contributed by atoms with Crippen LogP contribution in [0.25, 0.3) is 99.9 Å². The predicted molar refractivity (Wildman–Crippen MR) is 513 cm³/mol. The van der Waals surface area contributed by atoms with E-state index in [9.17, 15) is 33.6 Å². The molecule has 9 aromatic heterocycles. The average Bonchev–Trinajstić information content (AvgIpc) is 1.54. The number of aryl methyl sites for hydroxylation is 3. The van der Waals surface area contributed by atoms with Gasteiger partial charge in [-0.05, 0) is 241 Å². The molecular weight excluding hydrogens is 1840 g/mol. The smallest absolute Gasteiger partial charge is 0.267 e. The number of hydrogen-bond acceptors (Lipinski definition) is 23. The van der Waals surface area contributed by atoms with Crippen LogP contribution in [0.4, 0.5) is 26.2 Å². The first kappa shape index (κ1) is 82.9. The summed E-state index contributed by atoms with van der Waals surface area (Å²) in [6.07, 6.45) is 10.4. The van der Waals surface area contributed by atoms with E-state index in [1.165, 1.54) is 23.7 Å². The van der Waals surface area contributed by atoms with Crippen molar-refractivity contribution in [3.8, 4) is 50.4 Å². The third-order valence-electron chi connectivity index (χ3n) is 28.7. The number of aliphatic imine (C=N–C) groups is 3. The Morgan fingerprint density at radius 1 is 0.367 bits per heavy atom. The molecule has 139 heavy (non-hydrogen) atoms. The highest BCUT2D eigenvalue weighted by atomic mass is 35.5. The summed E-state index contributed by atoms with van der Waals surface area (Å²) in [6, 6.07) is 56.7. The van der Waals surface area contributed by atoms with E-state index in [-0.39, 0.29) is 88.4 Å². The number of amides is 4. The molecule has 4 amide bonds. The third kappa shape index (κ3) is 13.1. The first-order valence-electron chi connectivity index (χ1n) is 44.7. The molecule has 34 nitrogen and oxygen atoms in total. The molecule has 0 unspecified atom stereocenters. The van der Waals surface area contributed by atoms with E-state index in [0.717, 1.165) is 118 Å². The second-order valence-corrected chi connectivity index (χ2v) is 37.7. The topological polar surface area (TPSA) is 388 Å². The van der Waals surface area contributed by atoms with Crippen LogP contribution in [-0.2, 0) is 21.1 Å². The molecule has 3 saturated carbocycles. The summed E-state index contributed by atoms with van der Waals surface area (Å²) < 4.78 is 46.1. The maximum Gasteiger partial charge on any atom is 0.267 e. The van der Waals surface area contributed by atoms with Gasteiger partial charge in [-0.25, -0.2) is 19.8 Å². The lowest BCUT2D eigenvalue weighted by atomic mass is 9.97. The lowest BCUT2D eigenvalue weighted by molar-refractivity contribution is 0.0909. The van der Waals surface area contributed by atoms with E-state index >= 15 is 8.78 Å². The number of carbonyl (C=O) groups is 4. The van der Waals surface area contributed by atoms with Crippen LogP contribution >= 0.6 is 34.8 Å². The summed E-state index contributed by atoms with van der Waals surface area (Å²) in [6.45, 7) is 0. The van der Waals surface area contributed by atoms with Gasteiger partial charge in [0, 0.05) is 176 Å². The molecule has 0 radical (unpaired) electrons. The van der Waals surface area contributed by atoms with E-state index in [0.29, 0.717) is 129 Å². The zero-order valence-corrected chi connectivity index (χ0v) is 75.4. The summed E-state index contributed by atoms with van der Waals surface area (Å²) in [5.41, 5.74) is 25.1. The van der Waals surface area contributed by atoms with Crippen molar-refractivity contribution in [2.75, 3.05) is 15.5 Å². The van der Waals surface area contributed by atoms with E-state index in [2.05, 4.69) is 77.9 Å². The number of allylic oxidation sites excluding steroid dienone is 3. The molecule has 11 aliphatic rings. The number of nitrogen functional groups attached to an aromatic ring is 1. The monoisotopic (exact) mass is 1900 g/mol. The van der Waals surface area contributed by atoms with E-state index < -0.39 is 23.7 Å². The molecule has 0 bridgehead atoms. The number of rotatable bonds is 14. The Morgan fingerprint density at radius 2 is 0.719 bits per heavy atom. The Kier molecular flexibility index (Phi) is 18.4. The minimum atomic E-state index is -0.595. The first-order valence-corrected chi connectivity index (χ1v) is 45.8. The summed E-state index contributed by atoms with van der Waals surface area (Å²) in [5, 5.41) is 51.7. The molecule has 9 atom stereocenters. The predicted octanol–water partition coefficient (Wildman–Crippen LogP) is 15.5. The highest BCUT2D eigenvalue weighted by Gasteiger charge is 2.58. The number of imide groups is 2. The number of nitrogens with two attached hydrogens (primary N) is 1. The summed E-state index contributed by atoms with van der Waals surface area (Å²) in [5.74, 6) is -0.418. The fraction of sp³-hybridized carbons (Fsp3) is 0.180. The fourth-order valence-corrected chi connectivity index (χ4v) is 22.6. The number of fused-ring (bicyclic) bond motifs is 14. The molecule has 17 aromatic rings. The van der Waals surface area contributed by atoms with Crippen molar-refractivity contribution in [1.29, 1.82) is 0 Å². The Hall–Kier alpha value is -16.7. The van der Waals surface area contributed by atoms with Crippen molar-refractivity contribution in [3.63, 3.8) is 0 Å². The van der Waals surface area contributed by atoms with Crippen LogP contribution in [-0.4, -0.2) is 144 Å². The molecule has 8 aliphatic heterocycles. The van der Waals surface area contributed by atoms with Crippen LogP contribution in [0, 0.1) is 17.8 Å². The van der Waals surface area contributed by atoms with Crippen molar-refractivity contribution in [3.05, 3.63) is 333 Å². The Balaban J connectivity index is 0.000000108. The molecule has 17 heterocycles. The van der Waals surface area contributed by atoms with Crippen LogP contribution in [0.15, 0.2) is 261 Å². The second-order valence-electron chi connectivity index (χ2n) is 36.4. The number of aromatic nitrogens is 21. The van der Waals surface area contributed by atoms with Gasteiger partial charge in [0.2, 0.25) is 11.9 Å². The minimum Gasteiger partial charge on any atom is -0.382 e. The molecule has 28 rings (SSSR count). The highest BCUT2D eigenvalue weighted by molar-refractivity contribution is 6.37. The van der Waals surface area contributed by atoms with Gasteiger partial charge in [0.25, 0.3) is 40.3 Å².